The quantitative estimate of drug-likeness (QED) is 0.522. The Hall–Kier alpha value is -3.24. The Bertz CT molecular complexity index is 1170. The summed E-state index contributed by atoms with van der Waals surface area (Å²) in [6.45, 7) is 1.47. The molecule has 1 aromatic heterocycles. The highest BCUT2D eigenvalue weighted by atomic mass is 32.2. The smallest absolute Gasteiger partial charge is 0.233 e. The van der Waals surface area contributed by atoms with Crippen LogP contribution in [-0.4, -0.2) is 54.0 Å². The van der Waals surface area contributed by atoms with Crippen LogP contribution in [0.3, 0.4) is 0 Å². The number of nitrogens with one attached hydrogen (secondary N) is 1. The zero-order valence-corrected chi connectivity index (χ0v) is 17.9. The third kappa shape index (κ3) is 4.30. The number of benzene rings is 2. The highest BCUT2D eigenvalue weighted by molar-refractivity contribution is 7.91. The van der Waals surface area contributed by atoms with E-state index in [9.17, 15) is 8.42 Å². The van der Waals surface area contributed by atoms with Crippen LogP contribution in [0.15, 0.2) is 56.8 Å². The molecule has 4 rings (SSSR count). The molecule has 164 valence electrons. The van der Waals surface area contributed by atoms with E-state index in [1.165, 1.54) is 12.1 Å². The van der Waals surface area contributed by atoms with Gasteiger partial charge in [-0.2, -0.15) is 4.98 Å². The Labute approximate surface area is 179 Å². The van der Waals surface area contributed by atoms with Crippen LogP contribution in [0.1, 0.15) is 0 Å². The summed E-state index contributed by atoms with van der Waals surface area (Å²) in [6.07, 6.45) is 0. The van der Waals surface area contributed by atoms with E-state index in [4.69, 9.17) is 23.4 Å². The average Bonchev–Trinajstić information content (AvgIpc) is 3.24. The number of aromatic nitrogens is 1. The van der Waals surface area contributed by atoms with Gasteiger partial charge >= 0.3 is 0 Å². The van der Waals surface area contributed by atoms with Crippen molar-refractivity contribution in [1.82, 2.24) is 4.98 Å². The average molecular weight is 446 g/mol. The van der Waals surface area contributed by atoms with E-state index < -0.39 is 9.84 Å². The molecule has 2 aromatic carbocycles. The predicted octanol–water partition coefficient (Wildman–Crippen LogP) is 3.01. The van der Waals surface area contributed by atoms with Crippen LogP contribution in [-0.2, 0) is 14.6 Å². The second-order valence-corrected chi connectivity index (χ2v) is 8.48. The number of sulfone groups is 1. The highest BCUT2D eigenvalue weighted by Gasteiger charge is 2.30. The van der Waals surface area contributed by atoms with Gasteiger partial charge in [0.05, 0.1) is 18.6 Å². The Morgan fingerprint density at radius 2 is 1.87 bits per heavy atom. The third-order valence-electron chi connectivity index (χ3n) is 4.58. The third-order valence-corrected chi connectivity index (χ3v) is 6.24. The molecule has 3 aromatic rings. The number of nitrogens with zero attached hydrogens (tertiary/aromatic N) is 1. The summed E-state index contributed by atoms with van der Waals surface area (Å²) in [6, 6.07) is 11.5. The van der Waals surface area contributed by atoms with Gasteiger partial charge < -0.3 is 28.7 Å². The molecular formula is C21H22N2O7S. The van der Waals surface area contributed by atoms with E-state index in [1.807, 2.05) is 0 Å². The van der Waals surface area contributed by atoms with Crippen LogP contribution in [0.25, 0.3) is 11.5 Å². The van der Waals surface area contributed by atoms with E-state index in [1.54, 1.807) is 44.6 Å². The summed E-state index contributed by atoms with van der Waals surface area (Å²) >= 11 is 0. The van der Waals surface area contributed by atoms with Crippen molar-refractivity contribution in [2.24, 2.45) is 0 Å². The molecule has 1 aliphatic rings. The molecule has 9 nitrogen and oxygen atoms in total. The van der Waals surface area contributed by atoms with E-state index in [0.29, 0.717) is 49.2 Å². The molecule has 0 aliphatic carbocycles. The van der Waals surface area contributed by atoms with Gasteiger partial charge in [-0.05, 0) is 30.3 Å². The first-order valence-corrected chi connectivity index (χ1v) is 11.0. The van der Waals surface area contributed by atoms with Gasteiger partial charge in [0.25, 0.3) is 0 Å². The lowest BCUT2D eigenvalue weighted by atomic mass is 10.2. The Kier molecular flexibility index (Phi) is 6.01. The lowest BCUT2D eigenvalue weighted by Gasteiger charge is -2.18. The number of oxazole rings is 1. The summed E-state index contributed by atoms with van der Waals surface area (Å²) in [5.41, 5.74) is 0.581. The van der Waals surface area contributed by atoms with Crippen molar-refractivity contribution >= 4 is 15.7 Å². The zero-order valence-electron chi connectivity index (χ0n) is 17.1. The van der Waals surface area contributed by atoms with Crippen LogP contribution in [0.5, 0.6) is 17.2 Å². The Morgan fingerprint density at radius 3 is 2.65 bits per heavy atom. The number of fused-ring (bicyclic) bond motifs is 1. The normalized spacial score (nSPS) is 13.1. The number of hydrogen-bond donors (Lipinski definition) is 1. The minimum Gasteiger partial charge on any atom is -0.497 e. The second kappa shape index (κ2) is 8.86. The van der Waals surface area contributed by atoms with Crippen molar-refractivity contribution < 1.29 is 31.8 Å². The number of ether oxygens (including phenoxy) is 4. The number of rotatable bonds is 8. The summed E-state index contributed by atoms with van der Waals surface area (Å²) in [5, 5.41) is 2.73. The summed E-state index contributed by atoms with van der Waals surface area (Å²) < 4.78 is 53.9. The van der Waals surface area contributed by atoms with Gasteiger partial charge in [-0.25, -0.2) is 8.42 Å². The van der Waals surface area contributed by atoms with Gasteiger partial charge in [-0.15, -0.1) is 0 Å². The first kappa shape index (κ1) is 21.0. The minimum absolute atomic E-state index is 0.0250. The first-order chi connectivity index (χ1) is 15.0. The number of anilines is 1. The molecule has 0 spiro atoms. The van der Waals surface area contributed by atoms with Gasteiger partial charge in [0.15, 0.2) is 11.5 Å². The molecule has 10 heteroatoms. The monoisotopic (exact) mass is 446 g/mol. The van der Waals surface area contributed by atoms with Gasteiger partial charge in [-0.1, -0.05) is 6.07 Å². The van der Waals surface area contributed by atoms with Crippen molar-refractivity contribution in [1.29, 1.82) is 0 Å². The van der Waals surface area contributed by atoms with E-state index >= 15 is 0 Å². The number of hydrogen-bond acceptors (Lipinski definition) is 9. The van der Waals surface area contributed by atoms with Gasteiger partial charge in [0, 0.05) is 25.3 Å². The molecule has 31 heavy (non-hydrogen) atoms. The SMILES string of the molecule is COCCNc1oc(-c2cccc(OC)c2)nc1S(=O)(=O)c1ccc2c(c1)OCCO2. The summed E-state index contributed by atoms with van der Waals surface area (Å²) in [4.78, 5) is 4.33. The van der Waals surface area contributed by atoms with E-state index in [0.717, 1.165) is 0 Å². The van der Waals surface area contributed by atoms with Gasteiger partial charge in [0.1, 0.15) is 19.0 Å². The fraction of sp³-hybridized carbons (Fsp3) is 0.286. The molecule has 0 atom stereocenters. The van der Waals surface area contributed by atoms with Gasteiger partial charge in [-0.3, -0.25) is 0 Å². The number of methoxy groups -OCH3 is 2. The van der Waals surface area contributed by atoms with Crippen LogP contribution < -0.4 is 19.5 Å². The largest absolute Gasteiger partial charge is 0.497 e. The van der Waals surface area contributed by atoms with Crippen molar-refractivity contribution in [2.45, 2.75) is 9.92 Å². The molecule has 0 saturated heterocycles. The molecule has 0 amide bonds. The molecule has 0 fully saturated rings. The maximum atomic E-state index is 13.4. The van der Waals surface area contributed by atoms with Crippen LogP contribution in [0.4, 0.5) is 5.88 Å². The van der Waals surface area contributed by atoms with Crippen LogP contribution in [0, 0.1) is 0 Å². The van der Waals surface area contributed by atoms with Crippen LogP contribution in [0.2, 0.25) is 0 Å². The molecule has 0 radical (unpaired) electrons. The van der Waals surface area contributed by atoms with E-state index in [-0.39, 0.29) is 21.7 Å². The van der Waals surface area contributed by atoms with Crippen molar-refractivity contribution in [2.75, 3.05) is 45.9 Å². The summed E-state index contributed by atoms with van der Waals surface area (Å²) in [7, 11) is -0.920. The summed E-state index contributed by atoms with van der Waals surface area (Å²) in [5.74, 6) is 1.65. The molecule has 1 N–H and O–H groups in total. The molecule has 0 bridgehead atoms. The highest BCUT2D eigenvalue weighted by Crippen LogP contribution is 2.37. The fourth-order valence-electron chi connectivity index (χ4n) is 3.05. The first-order valence-electron chi connectivity index (χ1n) is 9.55. The topological polar surface area (TPSA) is 109 Å². The minimum atomic E-state index is -4.02. The zero-order chi connectivity index (χ0) is 21.8. The lowest BCUT2D eigenvalue weighted by Crippen LogP contribution is -2.16. The van der Waals surface area contributed by atoms with Crippen molar-refractivity contribution in [3.05, 3.63) is 42.5 Å². The van der Waals surface area contributed by atoms with Crippen LogP contribution >= 0.6 is 0 Å². The molecule has 0 unspecified atom stereocenters. The standard InChI is InChI=1S/C21H22N2O7S/c1-26-9-8-22-20-21(23-19(30-20)14-4-3-5-15(12-14)27-2)31(24,25)16-6-7-17-18(13-16)29-11-10-28-17/h3-7,12-13,22H,8-11H2,1-2H3. The van der Waals surface area contributed by atoms with E-state index in [2.05, 4.69) is 10.3 Å². The van der Waals surface area contributed by atoms with Crippen molar-refractivity contribution in [3.8, 4) is 28.7 Å². The fourth-order valence-corrected chi connectivity index (χ4v) is 4.34. The predicted molar refractivity (Wildman–Crippen MR) is 112 cm³/mol. The Morgan fingerprint density at radius 1 is 1.06 bits per heavy atom. The van der Waals surface area contributed by atoms with Crippen molar-refractivity contribution in [3.63, 3.8) is 0 Å². The maximum absolute atomic E-state index is 13.4. The second-order valence-electron chi connectivity index (χ2n) is 6.61. The molecular weight excluding hydrogens is 424 g/mol. The molecule has 0 saturated carbocycles. The maximum Gasteiger partial charge on any atom is 0.233 e. The molecule has 2 heterocycles. The molecule has 1 aliphatic heterocycles. The Balaban J connectivity index is 1.76. The van der Waals surface area contributed by atoms with Gasteiger partial charge in [0.2, 0.25) is 26.6 Å². The lowest BCUT2D eigenvalue weighted by molar-refractivity contribution is 0.171.